The highest BCUT2D eigenvalue weighted by atomic mass is 32.1. The summed E-state index contributed by atoms with van der Waals surface area (Å²) in [5.41, 5.74) is 0.650. The Bertz CT molecular complexity index is 915. The van der Waals surface area contributed by atoms with Gasteiger partial charge in [0.25, 0.3) is 5.56 Å². The minimum absolute atomic E-state index is 0.139. The molecule has 3 rings (SSSR count). The van der Waals surface area contributed by atoms with Crippen molar-refractivity contribution >= 4 is 33.5 Å². The van der Waals surface area contributed by atoms with E-state index >= 15 is 0 Å². The quantitative estimate of drug-likeness (QED) is 0.532. The van der Waals surface area contributed by atoms with E-state index in [4.69, 9.17) is 9.47 Å². The molecule has 146 valence electrons. The van der Waals surface area contributed by atoms with E-state index in [2.05, 4.69) is 4.98 Å². The largest absolute Gasteiger partial charge is 0.464 e. The average molecular weight is 392 g/mol. The highest BCUT2D eigenvalue weighted by molar-refractivity contribution is 7.18. The molecule has 0 atom stereocenters. The number of nitrogens with zero attached hydrogens (tertiary/aromatic N) is 2. The van der Waals surface area contributed by atoms with Crippen LogP contribution >= 0.6 is 11.3 Å². The number of unbranched alkanes of at least 4 members (excludes halogenated alkanes) is 1. The Kier molecular flexibility index (Phi) is 6.26. The summed E-state index contributed by atoms with van der Waals surface area (Å²) < 4.78 is 11.3. The number of rotatable bonds is 7. The van der Waals surface area contributed by atoms with Gasteiger partial charge in [0.1, 0.15) is 11.4 Å². The standard InChI is InChI=1S/C19H24N2O5S/c1-3-5-10-26-14(22)11-21-16(19(24)25-4-2)20-17-15(18(21)23)12-8-6-7-9-13(12)27-17/h3-11H2,1-2H3. The molecule has 0 spiro atoms. The smallest absolute Gasteiger partial charge is 0.374 e. The van der Waals surface area contributed by atoms with Crippen molar-refractivity contribution in [1.29, 1.82) is 0 Å². The summed E-state index contributed by atoms with van der Waals surface area (Å²) in [5, 5.41) is 0.532. The van der Waals surface area contributed by atoms with Crippen molar-refractivity contribution in [3.8, 4) is 0 Å². The first-order valence-corrected chi connectivity index (χ1v) is 10.3. The molecule has 0 unspecified atom stereocenters. The Labute approximate surface area is 161 Å². The van der Waals surface area contributed by atoms with Crippen LogP contribution in [0.25, 0.3) is 10.2 Å². The van der Waals surface area contributed by atoms with Crippen LogP contribution in [0.4, 0.5) is 0 Å². The van der Waals surface area contributed by atoms with Gasteiger partial charge in [-0.05, 0) is 44.6 Å². The van der Waals surface area contributed by atoms with Crippen LogP contribution in [0, 0.1) is 0 Å². The fourth-order valence-electron chi connectivity index (χ4n) is 3.24. The SMILES string of the molecule is CCCCOC(=O)Cn1c(C(=O)OCC)nc2sc3c(c2c1=O)CCCC3. The fourth-order valence-corrected chi connectivity index (χ4v) is 4.49. The van der Waals surface area contributed by atoms with E-state index in [1.165, 1.54) is 11.3 Å². The first-order chi connectivity index (χ1) is 13.1. The first-order valence-electron chi connectivity index (χ1n) is 9.44. The zero-order valence-corrected chi connectivity index (χ0v) is 16.5. The summed E-state index contributed by atoms with van der Waals surface area (Å²) in [4.78, 5) is 43.8. The molecule has 2 aromatic heterocycles. The summed E-state index contributed by atoms with van der Waals surface area (Å²) in [6, 6.07) is 0. The number of ether oxygens (including phenoxy) is 2. The monoisotopic (exact) mass is 392 g/mol. The first kappa shape index (κ1) is 19.5. The van der Waals surface area contributed by atoms with Gasteiger partial charge in [0.15, 0.2) is 0 Å². The van der Waals surface area contributed by atoms with Crippen molar-refractivity contribution in [3.63, 3.8) is 0 Å². The maximum absolute atomic E-state index is 13.2. The predicted octanol–water partition coefficient (Wildman–Crippen LogP) is 2.86. The van der Waals surface area contributed by atoms with E-state index in [-0.39, 0.29) is 24.5 Å². The second-order valence-corrected chi connectivity index (χ2v) is 7.60. The van der Waals surface area contributed by atoms with Crippen molar-refractivity contribution in [2.24, 2.45) is 0 Å². The molecule has 1 aliphatic carbocycles. The number of aryl methyl sites for hydroxylation is 2. The lowest BCUT2D eigenvalue weighted by Crippen LogP contribution is -2.32. The van der Waals surface area contributed by atoms with E-state index in [9.17, 15) is 14.4 Å². The number of fused-ring (bicyclic) bond motifs is 3. The highest BCUT2D eigenvalue weighted by Crippen LogP contribution is 2.33. The van der Waals surface area contributed by atoms with Crippen LogP contribution in [0.3, 0.4) is 0 Å². The molecular formula is C19H24N2O5S. The van der Waals surface area contributed by atoms with Crippen molar-refractivity contribution in [1.82, 2.24) is 9.55 Å². The molecule has 2 heterocycles. The summed E-state index contributed by atoms with van der Waals surface area (Å²) in [7, 11) is 0. The van der Waals surface area contributed by atoms with Gasteiger partial charge in [0.2, 0.25) is 5.82 Å². The van der Waals surface area contributed by atoms with Crippen LogP contribution in [0.15, 0.2) is 4.79 Å². The van der Waals surface area contributed by atoms with Gasteiger partial charge in [-0.15, -0.1) is 11.3 Å². The minimum atomic E-state index is -0.704. The Hall–Kier alpha value is -2.22. The summed E-state index contributed by atoms with van der Waals surface area (Å²) in [6.45, 7) is 3.79. The molecule has 0 radical (unpaired) electrons. The van der Waals surface area contributed by atoms with E-state index in [1.807, 2.05) is 6.92 Å². The van der Waals surface area contributed by atoms with E-state index in [0.717, 1.165) is 53.5 Å². The molecule has 0 saturated heterocycles. The average Bonchev–Trinajstić information content (AvgIpc) is 3.03. The number of hydrogen-bond acceptors (Lipinski definition) is 7. The lowest BCUT2D eigenvalue weighted by molar-refractivity contribution is -0.144. The maximum atomic E-state index is 13.2. The van der Waals surface area contributed by atoms with Gasteiger partial charge < -0.3 is 9.47 Å². The van der Waals surface area contributed by atoms with E-state index in [0.29, 0.717) is 16.8 Å². The molecule has 0 aliphatic heterocycles. The maximum Gasteiger partial charge on any atom is 0.374 e. The van der Waals surface area contributed by atoms with Crippen LogP contribution < -0.4 is 5.56 Å². The third-order valence-corrected chi connectivity index (χ3v) is 5.77. The Morgan fingerprint density at radius 1 is 1.19 bits per heavy atom. The lowest BCUT2D eigenvalue weighted by atomic mass is 9.97. The number of aromatic nitrogens is 2. The van der Waals surface area contributed by atoms with Gasteiger partial charge >= 0.3 is 11.9 Å². The molecule has 0 aromatic carbocycles. The topological polar surface area (TPSA) is 87.5 Å². The highest BCUT2D eigenvalue weighted by Gasteiger charge is 2.26. The number of thiophene rings is 1. The summed E-state index contributed by atoms with van der Waals surface area (Å²) >= 11 is 1.46. The van der Waals surface area contributed by atoms with Gasteiger partial charge in [-0.2, -0.15) is 0 Å². The van der Waals surface area contributed by atoms with Crippen molar-refractivity contribution < 1.29 is 19.1 Å². The molecule has 2 aromatic rings. The van der Waals surface area contributed by atoms with Crippen molar-refractivity contribution in [2.45, 2.75) is 58.9 Å². The molecule has 0 N–H and O–H groups in total. The third-order valence-electron chi connectivity index (χ3n) is 4.58. The molecule has 8 heteroatoms. The molecular weight excluding hydrogens is 368 g/mol. The third kappa shape index (κ3) is 4.05. The van der Waals surface area contributed by atoms with Gasteiger partial charge in [-0.3, -0.25) is 14.2 Å². The van der Waals surface area contributed by atoms with Crippen molar-refractivity contribution in [2.75, 3.05) is 13.2 Å². The minimum Gasteiger partial charge on any atom is -0.464 e. The number of esters is 2. The summed E-state index contributed by atoms with van der Waals surface area (Å²) in [5.74, 6) is -1.40. The normalized spacial score (nSPS) is 13.4. The molecule has 0 bridgehead atoms. The van der Waals surface area contributed by atoms with Crippen LogP contribution in [-0.4, -0.2) is 34.7 Å². The van der Waals surface area contributed by atoms with E-state index < -0.39 is 11.9 Å². The molecule has 0 fully saturated rings. The molecule has 1 aliphatic rings. The fraction of sp³-hybridized carbons (Fsp3) is 0.579. The van der Waals surface area contributed by atoms with Gasteiger partial charge in [0, 0.05) is 4.88 Å². The zero-order chi connectivity index (χ0) is 19.4. The number of carbonyl (C=O) groups excluding carboxylic acids is 2. The lowest BCUT2D eigenvalue weighted by Gasteiger charge is -2.13. The summed E-state index contributed by atoms with van der Waals surface area (Å²) in [6.07, 6.45) is 5.51. The number of hydrogen-bond donors (Lipinski definition) is 0. The molecule has 27 heavy (non-hydrogen) atoms. The zero-order valence-electron chi connectivity index (χ0n) is 15.7. The molecule has 7 nitrogen and oxygen atoms in total. The van der Waals surface area contributed by atoms with Crippen LogP contribution in [0.5, 0.6) is 0 Å². The van der Waals surface area contributed by atoms with Crippen LogP contribution in [-0.2, 0) is 33.7 Å². The Morgan fingerprint density at radius 2 is 1.96 bits per heavy atom. The molecule has 0 saturated carbocycles. The Morgan fingerprint density at radius 3 is 2.70 bits per heavy atom. The van der Waals surface area contributed by atoms with Gasteiger partial charge in [-0.25, -0.2) is 9.78 Å². The number of carbonyl (C=O) groups is 2. The van der Waals surface area contributed by atoms with Gasteiger partial charge in [0.05, 0.1) is 18.6 Å². The van der Waals surface area contributed by atoms with Crippen molar-refractivity contribution in [3.05, 3.63) is 26.6 Å². The second-order valence-electron chi connectivity index (χ2n) is 6.51. The van der Waals surface area contributed by atoms with Gasteiger partial charge in [-0.1, -0.05) is 13.3 Å². The molecule has 0 amide bonds. The van der Waals surface area contributed by atoms with Crippen LogP contribution in [0.1, 0.15) is 60.6 Å². The predicted molar refractivity (Wildman–Crippen MR) is 102 cm³/mol. The van der Waals surface area contributed by atoms with Crippen LogP contribution in [0.2, 0.25) is 0 Å². The van der Waals surface area contributed by atoms with E-state index in [1.54, 1.807) is 6.92 Å². The Balaban J connectivity index is 2.06. The second kappa shape index (κ2) is 8.65.